The van der Waals surface area contributed by atoms with Crippen LogP contribution in [0.1, 0.15) is 24.6 Å². The van der Waals surface area contributed by atoms with Crippen molar-refractivity contribution in [2.75, 3.05) is 6.54 Å². The highest BCUT2D eigenvalue weighted by atomic mass is 32.1. The third-order valence-corrected chi connectivity index (χ3v) is 3.41. The van der Waals surface area contributed by atoms with Gasteiger partial charge < -0.3 is 5.73 Å². The number of piperazine rings is 1. The number of thiocarbonyl (C=S) groups is 1. The zero-order valence-electron chi connectivity index (χ0n) is 11.1. The van der Waals surface area contributed by atoms with Crippen LogP contribution in [-0.2, 0) is 16.1 Å². The Morgan fingerprint density at radius 3 is 3.00 bits per heavy atom. The van der Waals surface area contributed by atoms with Gasteiger partial charge in [-0.1, -0.05) is 19.1 Å². The number of hydrogen-bond donors (Lipinski definition) is 2. The Morgan fingerprint density at radius 2 is 2.35 bits per heavy atom. The Balaban J connectivity index is 2.18. The number of nitrogens with one attached hydrogen (secondary N) is 1. The Labute approximate surface area is 122 Å². The van der Waals surface area contributed by atoms with Crippen molar-refractivity contribution in [2.45, 2.75) is 25.9 Å². The summed E-state index contributed by atoms with van der Waals surface area (Å²) in [5.41, 5.74) is 7.01. The van der Waals surface area contributed by atoms with Crippen LogP contribution in [0, 0.1) is 0 Å². The predicted octanol–water partition coefficient (Wildman–Crippen LogP) is -0.0472. The number of imide groups is 1. The van der Waals surface area contributed by atoms with Crippen molar-refractivity contribution in [3.05, 3.63) is 29.6 Å². The molecule has 2 amide bonds. The monoisotopic (exact) mass is 292 g/mol. The summed E-state index contributed by atoms with van der Waals surface area (Å²) in [6.45, 7) is 2.60. The molecule has 3 N–H and O–H groups in total. The predicted molar refractivity (Wildman–Crippen MR) is 77.8 cm³/mol. The average molecular weight is 292 g/mol. The minimum absolute atomic E-state index is 0.203. The van der Waals surface area contributed by atoms with Gasteiger partial charge in [0, 0.05) is 12.7 Å². The highest BCUT2D eigenvalue weighted by Gasteiger charge is 2.32. The van der Waals surface area contributed by atoms with Gasteiger partial charge in [0.15, 0.2) is 0 Å². The maximum Gasteiger partial charge on any atom is 0.243 e. The van der Waals surface area contributed by atoms with Gasteiger partial charge in [-0.15, -0.1) is 0 Å². The van der Waals surface area contributed by atoms with E-state index in [2.05, 4.69) is 10.3 Å². The lowest BCUT2D eigenvalue weighted by Crippen LogP contribution is -2.57. The first-order valence-corrected chi connectivity index (χ1v) is 6.74. The van der Waals surface area contributed by atoms with Crippen LogP contribution in [0.15, 0.2) is 18.3 Å². The van der Waals surface area contributed by atoms with Crippen molar-refractivity contribution in [2.24, 2.45) is 5.73 Å². The summed E-state index contributed by atoms with van der Waals surface area (Å²) < 4.78 is 0. The molecular weight excluding hydrogens is 276 g/mol. The Hall–Kier alpha value is -1.86. The molecule has 1 fully saturated rings. The van der Waals surface area contributed by atoms with Crippen LogP contribution in [0.4, 0.5) is 0 Å². The number of hydrogen-bond acceptors (Lipinski definition) is 5. The van der Waals surface area contributed by atoms with Crippen LogP contribution < -0.4 is 11.1 Å². The van der Waals surface area contributed by atoms with Gasteiger partial charge in [0.1, 0.15) is 4.99 Å². The number of nitrogens with two attached hydrogens (primary N) is 1. The number of aromatic nitrogens is 1. The standard InChI is InChI=1S/C13H16N4O2S/c1-2-10-13(19)16-11(18)7-17(10)6-8-3-4-15-9(5-8)12(14)20/h3-5,10H,2,6-7H2,1H3,(H2,14,20)(H,16,18,19). The van der Waals surface area contributed by atoms with E-state index in [1.54, 1.807) is 12.3 Å². The van der Waals surface area contributed by atoms with E-state index in [9.17, 15) is 9.59 Å². The number of nitrogens with zero attached hydrogens (tertiary/aromatic N) is 2. The van der Waals surface area contributed by atoms with Gasteiger partial charge in [0.2, 0.25) is 11.8 Å². The Morgan fingerprint density at radius 1 is 1.60 bits per heavy atom. The van der Waals surface area contributed by atoms with E-state index in [0.29, 0.717) is 18.7 Å². The van der Waals surface area contributed by atoms with Crippen LogP contribution in [0.5, 0.6) is 0 Å². The molecule has 0 aliphatic carbocycles. The minimum Gasteiger partial charge on any atom is -0.388 e. The normalized spacial score (nSPS) is 19.8. The highest BCUT2D eigenvalue weighted by molar-refractivity contribution is 7.80. The van der Waals surface area contributed by atoms with Crippen LogP contribution in [0.2, 0.25) is 0 Å². The lowest BCUT2D eigenvalue weighted by Gasteiger charge is -2.33. The third kappa shape index (κ3) is 3.17. The van der Waals surface area contributed by atoms with Gasteiger partial charge in [0.05, 0.1) is 18.3 Å². The maximum absolute atomic E-state index is 11.8. The van der Waals surface area contributed by atoms with E-state index >= 15 is 0 Å². The topological polar surface area (TPSA) is 88.3 Å². The molecule has 1 saturated heterocycles. The largest absolute Gasteiger partial charge is 0.388 e. The van der Waals surface area contributed by atoms with E-state index in [1.807, 2.05) is 17.9 Å². The van der Waals surface area contributed by atoms with Gasteiger partial charge in [-0.05, 0) is 24.1 Å². The van der Waals surface area contributed by atoms with Gasteiger partial charge in [0.25, 0.3) is 0 Å². The number of carbonyl (C=O) groups excluding carboxylic acids is 2. The molecule has 7 heteroatoms. The molecule has 20 heavy (non-hydrogen) atoms. The second kappa shape index (κ2) is 6.06. The lowest BCUT2D eigenvalue weighted by atomic mass is 10.1. The molecular formula is C13H16N4O2S. The van der Waals surface area contributed by atoms with Crippen LogP contribution >= 0.6 is 12.2 Å². The second-order valence-electron chi connectivity index (χ2n) is 4.66. The van der Waals surface area contributed by atoms with Crippen molar-refractivity contribution in [3.63, 3.8) is 0 Å². The molecule has 0 bridgehead atoms. The summed E-state index contributed by atoms with van der Waals surface area (Å²) in [4.78, 5) is 29.4. The molecule has 1 aliphatic heterocycles. The zero-order chi connectivity index (χ0) is 14.7. The number of amides is 2. The van der Waals surface area contributed by atoms with Crippen molar-refractivity contribution in [1.29, 1.82) is 0 Å². The molecule has 0 radical (unpaired) electrons. The quantitative estimate of drug-likeness (QED) is 0.598. The van der Waals surface area contributed by atoms with Crippen molar-refractivity contribution in [3.8, 4) is 0 Å². The molecule has 1 atom stereocenters. The van der Waals surface area contributed by atoms with Gasteiger partial charge >= 0.3 is 0 Å². The van der Waals surface area contributed by atoms with E-state index in [0.717, 1.165) is 5.56 Å². The molecule has 1 aromatic rings. The summed E-state index contributed by atoms with van der Waals surface area (Å²) in [5.74, 6) is -0.518. The minimum atomic E-state index is -0.297. The summed E-state index contributed by atoms with van der Waals surface area (Å²) in [5, 5.41) is 2.35. The van der Waals surface area contributed by atoms with Crippen molar-refractivity contribution in [1.82, 2.24) is 15.2 Å². The zero-order valence-corrected chi connectivity index (χ0v) is 11.9. The molecule has 0 spiro atoms. The summed E-state index contributed by atoms with van der Waals surface area (Å²) >= 11 is 4.89. The fourth-order valence-corrected chi connectivity index (χ4v) is 2.38. The molecule has 2 rings (SSSR count). The van der Waals surface area contributed by atoms with Crippen LogP contribution in [0.3, 0.4) is 0 Å². The molecule has 1 aromatic heterocycles. The molecule has 2 heterocycles. The van der Waals surface area contributed by atoms with Gasteiger partial charge in [-0.3, -0.25) is 24.8 Å². The van der Waals surface area contributed by atoms with E-state index < -0.39 is 0 Å². The van der Waals surface area contributed by atoms with Crippen molar-refractivity contribution >= 4 is 29.0 Å². The Bertz CT molecular complexity index is 561. The van der Waals surface area contributed by atoms with Crippen LogP contribution in [-0.4, -0.2) is 39.3 Å². The van der Waals surface area contributed by atoms with E-state index in [-0.39, 0.29) is 29.4 Å². The van der Waals surface area contributed by atoms with Gasteiger partial charge in [-0.25, -0.2) is 0 Å². The first-order valence-electron chi connectivity index (χ1n) is 6.33. The molecule has 106 valence electrons. The highest BCUT2D eigenvalue weighted by Crippen LogP contribution is 2.14. The third-order valence-electron chi connectivity index (χ3n) is 3.20. The molecule has 1 unspecified atom stereocenters. The molecule has 0 aromatic carbocycles. The summed E-state index contributed by atoms with van der Waals surface area (Å²) in [7, 11) is 0. The first-order chi connectivity index (χ1) is 9.51. The van der Waals surface area contributed by atoms with E-state index in [4.69, 9.17) is 18.0 Å². The van der Waals surface area contributed by atoms with E-state index in [1.165, 1.54) is 0 Å². The number of carbonyl (C=O) groups is 2. The SMILES string of the molecule is CCC1C(=O)NC(=O)CN1Cc1ccnc(C(N)=S)c1. The summed E-state index contributed by atoms with van der Waals surface area (Å²) in [6.07, 6.45) is 2.27. The first kappa shape index (κ1) is 14.5. The smallest absolute Gasteiger partial charge is 0.243 e. The molecule has 1 aliphatic rings. The summed E-state index contributed by atoms with van der Waals surface area (Å²) in [6, 6.07) is 3.31. The lowest BCUT2D eigenvalue weighted by molar-refractivity contribution is -0.140. The fourth-order valence-electron chi connectivity index (χ4n) is 2.27. The van der Waals surface area contributed by atoms with Crippen LogP contribution in [0.25, 0.3) is 0 Å². The average Bonchev–Trinajstić information content (AvgIpc) is 2.38. The van der Waals surface area contributed by atoms with Gasteiger partial charge in [-0.2, -0.15) is 0 Å². The number of pyridine rings is 1. The second-order valence-corrected chi connectivity index (χ2v) is 5.09. The number of rotatable bonds is 4. The molecule has 0 saturated carbocycles. The fraction of sp³-hybridized carbons (Fsp3) is 0.385. The Kier molecular flexibility index (Phi) is 4.41. The molecule has 6 nitrogen and oxygen atoms in total. The maximum atomic E-state index is 11.8. The van der Waals surface area contributed by atoms with Crippen molar-refractivity contribution < 1.29 is 9.59 Å².